The normalized spacial score (nSPS) is 17.3. The highest BCUT2D eigenvalue weighted by atomic mass is 16.6. The number of nitrogens with one attached hydrogen (secondary N) is 2. The van der Waals surface area contributed by atoms with Crippen LogP contribution in [0.15, 0.2) is 28.0 Å². The third-order valence-electron chi connectivity index (χ3n) is 4.78. The van der Waals surface area contributed by atoms with Gasteiger partial charge in [0.25, 0.3) is 5.56 Å². The van der Waals surface area contributed by atoms with Crippen molar-refractivity contribution in [2.75, 3.05) is 26.7 Å². The zero-order chi connectivity index (χ0) is 21.4. The fourth-order valence-corrected chi connectivity index (χ4v) is 3.38. The Labute approximate surface area is 173 Å². The van der Waals surface area contributed by atoms with E-state index in [1.165, 1.54) is 0 Å². The van der Waals surface area contributed by atoms with Gasteiger partial charge in [-0.15, -0.1) is 0 Å². The number of hydrogen-bond acceptors (Lipinski definition) is 4. The molecule has 1 aliphatic rings. The highest BCUT2D eigenvalue weighted by Gasteiger charge is 2.27. The summed E-state index contributed by atoms with van der Waals surface area (Å²) in [7, 11) is 1.77. The minimum absolute atomic E-state index is 0.0503. The first-order chi connectivity index (χ1) is 13.7. The van der Waals surface area contributed by atoms with Crippen molar-refractivity contribution >= 4 is 12.1 Å². The number of alkyl carbamates (subject to hydrolysis) is 1. The number of ether oxygens (including phenoxy) is 1. The van der Waals surface area contributed by atoms with Crippen LogP contribution in [0.5, 0.6) is 0 Å². The van der Waals surface area contributed by atoms with Gasteiger partial charge in [0, 0.05) is 45.0 Å². The molecule has 1 atom stereocenters. The number of likely N-dealkylation sites (tertiary alicyclic amines) is 1. The van der Waals surface area contributed by atoms with Crippen LogP contribution in [-0.2, 0) is 11.3 Å². The average Bonchev–Trinajstić information content (AvgIpc) is 3.06. The van der Waals surface area contributed by atoms with Crippen LogP contribution >= 0.6 is 0 Å². The van der Waals surface area contributed by atoms with E-state index >= 15 is 0 Å². The number of rotatable bonds is 6. The summed E-state index contributed by atoms with van der Waals surface area (Å²) in [4.78, 5) is 30.4. The van der Waals surface area contributed by atoms with Crippen LogP contribution in [0.3, 0.4) is 0 Å². The first kappa shape index (κ1) is 22.8. The smallest absolute Gasteiger partial charge is 0.407 e. The van der Waals surface area contributed by atoms with Crippen molar-refractivity contribution in [3.8, 4) is 0 Å². The largest absolute Gasteiger partial charge is 0.444 e. The third kappa shape index (κ3) is 7.44. The minimum atomic E-state index is -0.497. The molecular formula is C21H35N5O3. The predicted octanol–water partition coefficient (Wildman–Crippen LogP) is 2.11. The van der Waals surface area contributed by atoms with Crippen molar-refractivity contribution < 1.29 is 9.53 Å². The number of unbranched alkanes of at least 4 members (excludes halogenated alkanes) is 1. The van der Waals surface area contributed by atoms with E-state index in [1.807, 2.05) is 38.3 Å². The van der Waals surface area contributed by atoms with Crippen molar-refractivity contribution in [2.45, 2.75) is 65.1 Å². The van der Waals surface area contributed by atoms with Crippen LogP contribution < -0.4 is 16.2 Å². The highest BCUT2D eigenvalue weighted by Crippen LogP contribution is 2.12. The lowest BCUT2D eigenvalue weighted by Crippen LogP contribution is -2.44. The van der Waals surface area contributed by atoms with Gasteiger partial charge in [-0.25, -0.2) is 4.79 Å². The van der Waals surface area contributed by atoms with E-state index in [-0.39, 0.29) is 17.7 Å². The van der Waals surface area contributed by atoms with Gasteiger partial charge >= 0.3 is 6.09 Å². The molecule has 1 unspecified atom stereocenters. The summed E-state index contributed by atoms with van der Waals surface area (Å²) >= 11 is 0. The summed E-state index contributed by atoms with van der Waals surface area (Å²) in [6.45, 7) is 10.6. The number of amides is 1. The molecule has 2 rings (SSSR count). The van der Waals surface area contributed by atoms with E-state index in [0.717, 1.165) is 50.6 Å². The monoisotopic (exact) mass is 405 g/mol. The zero-order valence-corrected chi connectivity index (χ0v) is 18.3. The molecule has 0 aromatic carbocycles. The highest BCUT2D eigenvalue weighted by molar-refractivity contribution is 5.80. The summed E-state index contributed by atoms with van der Waals surface area (Å²) in [5, 5.41) is 6.32. The number of hydrogen-bond donors (Lipinski definition) is 2. The minimum Gasteiger partial charge on any atom is -0.444 e. The van der Waals surface area contributed by atoms with E-state index in [9.17, 15) is 9.59 Å². The Bertz CT molecular complexity index is 766. The molecule has 1 aromatic rings. The van der Waals surface area contributed by atoms with E-state index < -0.39 is 5.60 Å². The molecule has 2 N–H and O–H groups in total. The fourth-order valence-electron chi connectivity index (χ4n) is 3.38. The first-order valence-corrected chi connectivity index (χ1v) is 10.3. The lowest BCUT2D eigenvalue weighted by atomic mass is 10.2. The molecule has 8 nitrogen and oxygen atoms in total. The lowest BCUT2D eigenvalue weighted by Gasteiger charge is -2.23. The fraction of sp³-hybridized carbons (Fsp3) is 0.667. The van der Waals surface area contributed by atoms with Crippen molar-refractivity contribution in [3.63, 3.8) is 0 Å². The summed E-state index contributed by atoms with van der Waals surface area (Å²) < 4.78 is 7.14. The van der Waals surface area contributed by atoms with Crippen LogP contribution in [0.2, 0.25) is 0 Å². The second kappa shape index (κ2) is 10.3. The third-order valence-corrected chi connectivity index (χ3v) is 4.78. The predicted molar refractivity (Wildman–Crippen MR) is 115 cm³/mol. The Morgan fingerprint density at radius 1 is 1.31 bits per heavy atom. The second-order valence-electron chi connectivity index (χ2n) is 8.42. The number of aromatic nitrogens is 1. The van der Waals surface area contributed by atoms with Gasteiger partial charge in [0.15, 0.2) is 5.96 Å². The van der Waals surface area contributed by atoms with Gasteiger partial charge < -0.3 is 24.8 Å². The van der Waals surface area contributed by atoms with Crippen molar-refractivity contribution in [1.82, 2.24) is 20.1 Å². The topological polar surface area (TPSA) is 88.0 Å². The number of carbonyl (C=O) groups excluding carboxylic acids is 1. The molecule has 1 saturated heterocycles. The van der Waals surface area contributed by atoms with Crippen LogP contribution in [-0.4, -0.2) is 59.8 Å². The Morgan fingerprint density at radius 2 is 2.07 bits per heavy atom. The molecule has 0 saturated carbocycles. The van der Waals surface area contributed by atoms with Gasteiger partial charge in [-0.2, -0.15) is 0 Å². The number of carbonyl (C=O) groups is 1. The zero-order valence-electron chi connectivity index (χ0n) is 18.3. The molecule has 0 radical (unpaired) electrons. The second-order valence-corrected chi connectivity index (χ2v) is 8.42. The van der Waals surface area contributed by atoms with Gasteiger partial charge in [0.1, 0.15) is 5.60 Å². The van der Waals surface area contributed by atoms with Crippen molar-refractivity contribution in [2.24, 2.45) is 4.99 Å². The molecule has 2 heterocycles. The number of guanidine groups is 1. The van der Waals surface area contributed by atoms with Crippen molar-refractivity contribution in [3.05, 3.63) is 34.2 Å². The number of nitrogens with zero attached hydrogens (tertiary/aromatic N) is 3. The summed E-state index contributed by atoms with van der Waals surface area (Å²) in [5.41, 5.74) is 0.542. The molecule has 8 heteroatoms. The molecule has 1 aliphatic heterocycles. The van der Waals surface area contributed by atoms with Gasteiger partial charge in [-0.1, -0.05) is 6.07 Å². The van der Waals surface area contributed by atoms with E-state index in [2.05, 4.69) is 20.5 Å². The number of pyridine rings is 1. The van der Waals surface area contributed by atoms with Gasteiger partial charge in [0.05, 0.1) is 6.04 Å². The summed E-state index contributed by atoms with van der Waals surface area (Å²) in [6.07, 6.45) is 2.33. The van der Waals surface area contributed by atoms with E-state index in [4.69, 9.17) is 4.74 Å². The summed E-state index contributed by atoms with van der Waals surface area (Å²) in [6, 6.07) is 5.40. The molecule has 0 aliphatic carbocycles. The van der Waals surface area contributed by atoms with E-state index in [0.29, 0.717) is 6.54 Å². The maximum atomic E-state index is 11.9. The molecule has 1 amide bonds. The molecule has 1 fully saturated rings. The molecule has 29 heavy (non-hydrogen) atoms. The first-order valence-electron chi connectivity index (χ1n) is 10.3. The number of aliphatic imine (C=N–C) groups is 1. The molecule has 1 aromatic heterocycles. The van der Waals surface area contributed by atoms with E-state index in [1.54, 1.807) is 19.2 Å². The van der Waals surface area contributed by atoms with Crippen molar-refractivity contribution in [1.29, 1.82) is 0 Å². The maximum Gasteiger partial charge on any atom is 0.407 e. The molecule has 162 valence electrons. The standard InChI is InChI=1S/C21H35N5O3/c1-16-9-8-10-18(27)26(16)13-7-6-12-23-19(22-5)25-14-11-17(15-25)24-20(28)29-21(2,3)4/h8-10,17H,6-7,11-15H2,1-5H3,(H,22,23)(H,24,28). The molecule has 0 bridgehead atoms. The van der Waals surface area contributed by atoms with Gasteiger partial charge in [0.2, 0.25) is 0 Å². The van der Waals surface area contributed by atoms with Crippen LogP contribution in [0.1, 0.15) is 45.7 Å². The van der Waals surface area contributed by atoms with Crippen LogP contribution in [0, 0.1) is 6.92 Å². The Morgan fingerprint density at radius 3 is 2.72 bits per heavy atom. The molecule has 0 spiro atoms. The van der Waals surface area contributed by atoms with Gasteiger partial charge in [-0.05, 0) is 53.0 Å². The van der Waals surface area contributed by atoms with Crippen LogP contribution in [0.4, 0.5) is 4.79 Å². The quantitative estimate of drug-likeness (QED) is 0.430. The maximum absolute atomic E-state index is 11.9. The summed E-state index contributed by atoms with van der Waals surface area (Å²) in [5.74, 6) is 0.839. The average molecular weight is 406 g/mol. The van der Waals surface area contributed by atoms with Gasteiger partial charge in [-0.3, -0.25) is 9.79 Å². The SMILES string of the molecule is CN=C(NCCCCn1c(C)cccc1=O)N1CCC(NC(=O)OC(C)(C)C)C1. The Hall–Kier alpha value is -2.51. The Kier molecular flexibility index (Phi) is 8.10. The Balaban J connectivity index is 1.71. The van der Waals surface area contributed by atoms with Crippen LogP contribution in [0.25, 0.3) is 0 Å². The molecular weight excluding hydrogens is 370 g/mol. The lowest BCUT2D eigenvalue weighted by molar-refractivity contribution is 0.0507. The number of aryl methyl sites for hydroxylation is 1.